The standard InChI is InChI=1S/C11H22N2O5S/c1-3-17-11(14)12-6-7-13(19(2,15)16)9-10-5-4-8-18-10/h10H,3-9H2,1-2H3,(H,12,14). The molecule has 1 heterocycles. The number of carbonyl (C=O) groups is 1. The van der Waals surface area contributed by atoms with Gasteiger partial charge in [0.15, 0.2) is 0 Å². The maximum atomic E-state index is 11.6. The monoisotopic (exact) mass is 294 g/mol. The topological polar surface area (TPSA) is 84.9 Å². The third kappa shape index (κ3) is 6.22. The highest BCUT2D eigenvalue weighted by Crippen LogP contribution is 2.14. The lowest BCUT2D eigenvalue weighted by Crippen LogP contribution is -2.41. The Bertz CT molecular complexity index is 379. The van der Waals surface area contributed by atoms with E-state index in [1.807, 2.05) is 0 Å². The second kappa shape index (κ2) is 7.66. The van der Waals surface area contributed by atoms with E-state index in [-0.39, 0.29) is 25.8 Å². The van der Waals surface area contributed by atoms with Gasteiger partial charge in [-0.05, 0) is 19.8 Å². The van der Waals surface area contributed by atoms with Crippen molar-refractivity contribution < 1.29 is 22.7 Å². The van der Waals surface area contributed by atoms with Crippen LogP contribution >= 0.6 is 0 Å². The van der Waals surface area contributed by atoms with E-state index in [2.05, 4.69) is 5.32 Å². The number of hydrogen-bond acceptors (Lipinski definition) is 5. The fourth-order valence-electron chi connectivity index (χ4n) is 1.87. The number of sulfonamides is 1. The summed E-state index contributed by atoms with van der Waals surface area (Å²) >= 11 is 0. The van der Waals surface area contributed by atoms with Crippen molar-refractivity contribution in [3.63, 3.8) is 0 Å². The van der Waals surface area contributed by atoms with Crippen molar-refractivity contribution in [2.45, 2.75) is 25.9 Å². The molecule has 0 saturated carbocycles. The molecular weight excluding hydrogens is 272 g/mol. The van der Waals surface area contributed by atoms with Gasteiger partial charge in [-0.1, -0.05) is 0 Å². The van der Waals surface area contributed by atoms with Crippen LogP contribution in [0.4, 0.5) is 4.79 Å². The maximum absolute atomic E-state index is 11.6. The SMILES string of the molecule is CCOC(=O)NCCN(CC1CCCO1)S(C)(=O)=O. The quantitative estimate of drug-likeness (QED) is 0.723. The van der Waals surface area contributed by atoms with Crippen LogP contribution in [0.5, 0.6) is 0 Å². The number of nitrogens with one attached hydrogen (secondary N) is 1. The van der Waals surface area contributed by atoms with Crippen LogP contribution in [0.2, 0.25) is 0 Å². The number of rotatable bonds is 7. The number of ether oxygens (including phenoxy) is 2. The van der Waals surface area contributed by atoms with Crippen molar-refractivity contribution in [3.8, 4) is 0 Å². The lowest BCUT2D eigenvalue weighted by Gasteiger charge is -2.23. The minimum absolute atomic E-state index is 0.0441. The predicted octanol–water partition coefficient (Wildman–Crippen LogP) is 0.173. The smallest absolute Gasteiger partial charge is 0.407 e. The van der Waals surface area contributed by atoms with Gasteiger partial charge in [-0.15, -0.1) is 0 Å². The first-order valence-electron chi connectivity index (χ1n) is 6.41. The first kappa shape index (κ1) is 16.2. The van der Waals surface area contributed by atoms with Crippen LogP contribution in [-0.2, 0) is 19.5 Å². The summed E-state index contributed by atoms with van der Waals surface area (Å²) in [5.74, 6) is 0. The van der Waals surface area contributed by atoms with Gasteiger partial charge >= 0.3 is 6.09 Å². The van der Waals surface area contributed by atoms with Gasteiger partial charge in [0, 0.05) is 26.2 Å². The molecule has 1 aliphatic heterocycles. The molecular formula is C11H22N2O5S. The first-order chi connectivity index (χ1) is 8.93. The minimum Gasteiger partial charge on any atom is -0.450 e. The molecule has 0 aromatic heterocycles. The van der Waals surface area contributed by atoms with Crippen LogP contribution in [0.3, 0.4) is 0 Å². The highest BCUT2D eigenvalue weighted by Gasteiger charge is 2.24. The van der Waals surface area contributed by atoms with Gasteiger partial charge in [-0.25, -0.2) is 13.2 Å². The van der Waals surface area contributed by atoms with Crippen molar-refractivity contribution >= 4 is 16.1 Å². The molecule has 7 nitrogen and oxygen atoms in total. The van der Waals surface area contributed by atoms with Gasteiger partial charge < -0.3 is 14.8 Å². The molecule has 0 bridgehead atoms. The third-order valence-corrected chi connectivity index (χ3v) is 4.08. The van der Waals surface area contributed by atoms with Gasteiger partial charge in [-0.2, -0.15) is 4.31 Å². The van der Waals surface area contributed by atoms with Crippen molar-refractivity contribution in [2.75, 3.05) is 39.1 Å². The second-order valence-electron chi connectivity index (χ2n) is 4.40. The maximum Gasteiger partial charge on any atom is 0.407 e. The Morgan fingerprint density at radius 2 is 2.26 bits per heavy atom. The summed E-state index contributed by atoms with van der Waals surface area (Å²) in [7, 11) is -3.30. The summed E-state index contributed by atoms with van der Waals surface area (Å²) < 4.78 is 34.7. The third-order valence-electron chi connectivity index (χ3n) is 2.81. The van der Waals surface area contributed by atoms with E-state index in [1.54, 1.807) is 6.92 Å². The molecule has 0 aliphatic carbocycles. The van der Waals surface area contributed by atoms with Crippen LogP contribution in [0.25, 0.3) is 0 Å². The molecule has 1 N–H and O–H groups in total. The molecule has 1 atom stereocenters. The Morgan fingerprint density at radius 3 is 2.79 bits per heavy atom. The molecule has 0 aromatic rings. The van der Waals surface area contributed by atoms with E-state index in [0.717, 1.165) is 19.1 Å². The van der Waals surface area contributed by atoms with E-state index in [9.17, 15) is 13.2 Å². The van der Waals surface area contributed by atoms with Crippen molar-refractivity contribution in [3.05, 3.63) is 0 Å². The second-order valence-corrected chi connectivity index (χ2v) is 6.39. The highest BCUT2D eigenvalue weighted by molar-refractivity contribution is 7.88. The Labute approximate surface area is 114 Å². The normalized spacial score (nSPS) is 19.6. The van der Waals surface area contributed by atoms with E-state index < -0.39 is 16.1 Å². The molecule has 1 amide bonds. The Balaban J connectivity index is 2.39. The van der Waals surface area contributed by atoms with Crippen molar-refractivity contribution in [1.82, 2.24) is 9.62 Å². The minimum atomic E-state index is -3.30. The Kier molecular flexibility index (Phi) is 6.53. The van der Waals surface area contributed by atoms with Crippen LogP contribution in [0.1, 0.15) is 19.8 Å². The highest BCUT2D eigenvalue weighted by atomic mass is 32.2. The van der Waals surface area contributed by atoms with Crippen LogP contribution in [0, 0.1) is 0 Å². The van der Waals surface area contributed by atoms with Crippen LogP contribution in [0.15, 0.2) is 0 Å². The zero-order valence-electron chi connectivity index (χ0n) is 11.4. The summed E-state index contributed by atoms with van der Waals surface area (Å²) in [6.07, 6.45) is 2.41. The zero-order valence-corrected chi connectivity index (χ0v) is 12.2. The number of amides is 1. The molecule has 19 heavy (non-hydrogen) atoms. The average Bonchev–Trinajstić information content (AvgIpc) is 2.79. The molecule has 1 unspecified atom stereocenters. The molecule has 8 heteroatoms. The van der Waals surface area contributed by atoms with E-state index in [1.165, 1.54) is 4.31 Å². The molecule has 0 radical (unpaired) electrons. The summed E-state index contributed by atoms with van der Waals surface area (Å²) in [6.45, 7) is 3.46. The number of nitrogens with zero attached hydrogens (tertiary/aromatic N) is 1. The van der Waals surface area contributed by atoms with Gasteiger partial charge in [0.2, 0.25) is 10.0 Å². The lowest BCUT2D eigenvalue weighted by atomic mass is 10.2. The van der Waals surface area contributed by atoms with Crippen LogP contribution in [-0.4, -0.2) is 64.0 Å². The van der Waals surface area contributed by atoms with Gasteiger partial charge in [0.25, 0.3) is 0 Å². The van der Waals surface area contributed by atoms with Gasteiger partial charge in [0.05, 0.1) is 19.0 Å². The van der Waals surface area contributed by atoms with Crippen LogP contribution < -0.4 is 5.32 Å². The number of alkyl carbamates (subject to hydrolysis) is 1. The summed E-state index contributed by atoms with van der Waals surface area (Å²) in [5, 5.41) is 2.50. The van der Waals surface area contributed by atoms with E-state index in [0.29, 0.717) is 13.2 Å². The fourth-order valence-corrected chi connectivity index (χ4v) is 2.73. The molecule has 1 saturated heterocycles. The molecule has 1 fully saturated rings. The molecule has 0 aromatic carbocycles. The Morgan fingerprint density at radius 1 is 1.53 bits per heavy atom. The predicted molar refractivity (Wildman–Crippen MR) is 70.4 cm³/mol. The summed E-state index contributed by atoms with van der Waals surface area (Å²) in [4.78, 5) is 11.1. The number of hydrogen-bond donors (Lipinski definition) is 1. The van der Waals surface area contributed by atoms with E-state index >= 15 is 0 Å². The number of carbonyl (C=O) groups excluding carboxylic acids is 1. The molecule has 1 rings (SSSR count). The zero-order chi connectivity index (χ0) is 14.3. The van der Waals surface area contributed by atoms with Gasteiger partial charge in [0.1, 0.15) is 0 Å². The summed E-state index contributed by atoms with van der Waals surface area (Å²) in [6, 6.07) is 0. The molecule has 1 aliphatic rings. The van der Waals surface area contributed by atoms with Crippen molar-refractivity contribution in [1.29, 1.82) is 0 Å². The van der Waals surface area contributed by atoms with E-state index in [4.69, 9.17) is 9.47 Å². The average molecular weight is 294 g/mol. The first-order valence-corrected chi connectivity index (χ1v) is 8.25. The molecule has 0 spiro atoms. The van der Waals surface area contributed by atoms with Crippen molar-refractivity contribution in [2.24, 2.45) is 0 Å². The molecule has 112 valence electrons. The largest absolute Gasteiger partial charge is 0.450 e. The lowest BCUT2D eigenvalue weighted by molar-refractivity contribution is 0.0938. The fraction of sp³-hybridized carbons (Fsp3) is 0.909. The Hall–Kier alpha value is -0.860. The summed E-state index contributed by atoms with van der Waals surface area (Å²) in [5.41, 5.74) is 0. The van der Waals surface area contributed by atoms with Gasteiger partial charge in [-0.3, -0.25) is 0 Å².